The van der Waals surface area contributed by atoms with Gasteiger partial charge in [0.05, 0.1) is 0 Å². The molecule has 0 radical (unpaired) electrons. The molecule has 1 aromatic rings. The van der Waals surface area contributed by atoms with E-state index in [0.29, 0.717) is 0 Å². The molecule has 0 bridgehead atoms. The van der Waals surface area contributed by atoms with E-state index in [2.05, 4.69) is 20.0 Å². The first-order valence-electron chi connectivity index (χ1n) is 4.85. The van der Waals surface area contributed by atoms with Gasteiger partial charge in [0.15, 0.2) is 5.03 Å². The third-order valence-corrected chi connectivity index (χ3v) is 3.30. The summed E-state index contributed by atoms with van der Waals surface area (Å²) in [6.45, 7) is 0. The lowest BCUT2D eigenvalue weighted by atomic mass is 10.2. The van der Waals surface area contributed by atoms with Crippen LogP contribution in [-0.2, 0) is 19.9 Å². The highest BCUT2D eigenvalue weighted by Gasteiger charge is 2.24. The number of nitrogens with zero attached hydrogens (tertiary/aromatic N) is 2. The van der Waals surface area contributed by atoms with Gasteiger partial charge >= 0.3 is 6.03 Å². The van der Waals surface area contributed by atoms with Crippen molar-refractivity contribution in [2.24, 2.45) is 10.9 Å². The molecule has 0 saturated carbocycles. The Hall–Kier alpha value is -2.62. The molecule has 0 atom stereocenters. The summed E-state index contributed by atoms with van der Waals surface area (Å²) in [5.74, 6) is 0. The molecule has 0 aliphatic carbocycles. The molecule has 3 N–H and O–H groups in total. The van der Waals surface area contributed by atoms with E-state index in [1.165, 1.54) is 30.7 Å². The van der Waals surface area contributed by atoms with Crippen molar-refractivity contribution in [3.8, 4) is 0 Å². The van der Waals surface area contributed by atoms with Crippen LogP contribution in [0, 0.1) is 0 Å². The highest BCUT2D eigenvalue weighted by Crippen LogP contribution is 2.15. The molecule has 0 fully saturated rings. The molecule has 19 heavy (non-hydrogen) atoms. The van der Waals surface area contributed by atoms with Gasteiger partial charge in [0, 0.05) is 17.8 Å². The van der Waals surface area contributed by atoms with Gasteiger partial charge in [-0.2, -0.15) is 13.4 Å². The Kier molecular flexibility index (Phi) is 3.33. The summed E-state index contributed by atoms with van der Waals surface area (Å²) >= 11 is 0. The molecule has 100 valence electrons. The molecule has 0 saturated heterocycles. The van der Waals surface area contributed by atoms with Crippen LogP contribution < -0.4 is 10.5 Å². The number of hydrogen-bond acceptors (Lipinski definition) is 7. The van der Waals surface area contributed by atoms with Crippen LogP contribution in [0.1, 0.15) is 5.56 Å². The van der Waals surface area contributed by atoms with E-state index >= 15 is 0 Å². The van der Waals surface area contributed by atoms with Gasteiger partial charge in [-0.25, -0.2) is 14.5 Å². The van der Waals surface area contributed by atoms with E-state index in [9.17, 15) is 13.2 Å². The predicted octanol–water partition coefficient (Wildman–Crippen LogP) is -0.382. The number of carbonyl (C=O) groups excluding carboxylic acids is 1. The fraction of sp³-hybridized carbons (Fsp3) is 0. The average molecular weight is 284 g/mol. The van der Waals surface area contributed by atoms with Gasteiger partial charge in [-0.3, -0.25) is 4.89 Å². The van der Waals surface area contributed by atoms with Crippen molar-refractivity contribution in [3.05, 3.63) is 36.2 Å². The summed E-state index contributed by atoms with van der Waals surface area (Å²) < 4.78 is 25.4. The number of hydrogen-bond donors (Lipinski definition) is 2. The third-order valence-electron chi connectivity index (χ3n) is 2.00. The average Bonchev–Trinajstić information content (AvgIpc) is 2.38. The Balaban J connectivity index is 2.50. The number of primary amides is 1. The maximum Gasteiger partial charge on any atom is 0.326 e. The third kappa shape index (κ3) is 2.80. The number of nitrogens with two attached hydrogens (primary N) is 1. The van der Waals surface area contributed by atoms with Crippen LogP contribution in [0.2, 0.25) is 0 Å². The standard InChI is InChI=1S/C9H8N4O5S/c10-9(14)13-19(15,16)8-6(2-1-4-11-8)7-3-5-17-18-12-7/h1-5H,(H3,10,13,14). The van der Waals surface area contributed by atoms with E-state index in [0.717, 1.165) is 0 Å². The summed E-state index contributed by atoms with van der Waals surface area (Å²) in [5.41, 5.74) is 5.10. The number of amides is 2. The highest BCUT2D eigenvalue weighted by atomic mass is 32.2. The number of carbonyl (C=O) groups is 1. The molecule has 1 aliphatic rings. The minimum Gasteiger partial charge on any atom is -0.351 e. The lowest BCUT2D eigenvalue weighted by Gasteiger charge is -2.10. The van der Waals surface area contributed by atoms with Gasteiger partial charge in [-0.05, 0) is 17.3 Å². The number of urea groups is 1. The number of oxime groups is 1. The summed E-state index contributed by atoms with van der Waals surface area (Å²) in [7, 11) is -4.19. The Morgan fingerprint density at radius 2 is 2.21 bits per heavy atom. The zero-order valence-corrected chi connectivity index (χ0v) is 10.1. The lowest BCUT2D eigenvalue weighted by Crippen LogP contribution is -2.36. The molecule has 10 heteroatoms. The topological polar surface area (TPSA) is 133 Å². The molecule has 0 spiro atoms. The van der Waals surface area contributed by atoms with Crippen molar-refractivity contribution >= 4 is 21.8 Å². The maximum atomic E-state index is 11.9. The van der Waals surface area contributed by atoms with E-state index in [-0.39, 0.29) is 11.3 Å². The Labute approximate surface area is 107 Å². The summed E-state index contributed by atoms with van der Waals surface area (Å²) in [5, 5.41) is 3.11. The van der Waals surface area contributed by atoms with Crippen molar-refractivity contribution < 1.29 is 23.1 Å². The molecule has 2 rings (SSSR count). The fourth-order valence-electron chi connectivity index (χ4n) is 1.33. The Morgan fingerprint density at radius 1 is 1.42 bits per heavy atom. The van der Waals surface area contributed by atoms with E-state index in [1.807, 2.05) is 0 Å². The first-order chi connectivity index (χ1) is 9.00. The molecular weight excluding hydrogens is 276 g/mol. The van der Waals surface area contributed by atoms with E-state index in [4.69, 9.17) is 5.73 Å². The van der Waals surface area contributed by atoms with Gasteiger partial charge in [0.1, 0.15) is 12.0 Å². The normalized spacial score (nSPS) is 14.0. The van der Waals surface area contributed by atoms with Gasteiger partial charge in [-0.15, -0.1) is 0 Å². The summed E-state index contributed by atoms with van der Waals surface area (Å²) in [6, 6.07) is 1.74. The van der Waals surface area contributed by atoms with Crippen LogP contribution in [-0.4, -0.2) is 25.1 Å². The zero-order chi connectivity index (χ0) is 13.9. The monoisotopic (exact) mass is 284 g/mol. The number of sulfonamides is 1. The van der Waals surface area contributed by atoms with Crippen molar-refractivity contribution in [1.82, 2.24) is 9.71 Å². The summed E-state index contributed by atoms with van der Waals surface area (Å²) in [4.78, 5) is 23.1. The van der Waals surface area contributed by atoms with Crippen LogP contribution in [0.3, 0.4) is 0 Å². The first kappa shape index (κ1) is 12.8. The van der Waals surface area contributed by atoms with Crippen molar-refractivity contribution in [2.45, 2.75) is 5.03 Å². The second-order valence-electron chi connectivity index (χ2n) is 3.28. The quantitative estimate of drug-likeness (QED) is 0.727. The molecule has 0 aromatic carbocycles. The van der Waals surface area contributed by atoms with Crippen LogP contribution in [0.4, 0.5) is 4.79 Å². The maximum absolute atomic E-state index is 11.9. The van der Waals surface area contributed by atoms with Crippen LogP contribution in [0.5, 0.6) is 0 Å². The first-order valence-corrected chi connectivity index (χ1v) is 6.34. The van der Waals surface area contributed by atoms with E-state index in [1.54, 1.807) is 4.72 Å². The molecule has 2 heterocycles. The van der Waals surface area contributed by atoms with Crippen molar-refractivity contribution in [1.29, 1.82) is 0 Å². The van der Waals surface area contributed by atoms with Gasteiger partial charge < -0.3 is 5.73 Å². The lowest BCUT2D eigenvalue weighted by molar-refractivity contribution is -0.251. The Morgan fingerprint density at radius 3 is 2.84 bits per heavy atom. The van der Waals surface area contributed by atoms with Crippen molar-refractivity contribution in [3.63, 3.8) is 0 Å². The van der Waals surface area contributed by atoms with Gasteiger partial charge in [0.25, 0.3) is 10.0 Å². The molecule has 9 nitrogen and oxygen atoms in total. The predicted molar refractivity (Wildman–Crippen MR) is 62.0 cm³/mol. The molecule has 2 amide bonds. The van der Waals surface area contributed by atoms with Crippen molar-refractivity contribution in [2.75, 3.05) is 0 Å². The number of rotatable bonds is 3. The second-order valence-corrected chi connectivity index (χ2v) is 4.87. The number of nitrogens with one attached hydrogen (secondary N) is 1. The smallest absolute Gasteiger partial charge is 0.326 e. The van der Waals surface area contributed by atoms with Crippen LogP contribution in [0.25, 0.3) is 0 Å². The molecule has 1 aliphatic heterocycles. The minimum absolute atomic E-state index is 0.135. The van der Waals surface area contributed by atoms with Crippen LogP contribution >= 0.6 is 0 Å². The SMILES string of the molecule is NC(=O)NS(=O)(=O)c1ncccc1C1=NOOC=C1. The van der Waals surface area contributed by atoms with Crippen LogP contribution in [0.15, 0.2) is 40.8 Å². The van der Waals surface area contributed by atoms with E-state index < -0.39 is 21.1 Å². The molecular formula is C9H8N4O5S. The zero-order valence-electron chi connectivity index (χ0n) is 9.31. The number of allylic oxidation sites excluding steroid dienone is 1. The second kappa shape index (κ2) is 4.94. The number of pyridine rings is 1. The highest BCUT2D eigenvalue weighted by molar-refractivity contribution is 7.90. The van der Waals surface area contributed by atoms with Gasteiger partial charge in [-0.1, -0.05) is 0 Å². The summed E-state index contributed by atoms with van der Waals surface area (Å²) in [6.07, 6.45) is 3.81. The van der Waals surface area contributed by atoms with Gasteiger partial charge in [0.2, 0.25) is 0 Å². The number of aromatic nitrogens is 1. The molecule has 1 aromatic heterocycles. The fourth-order valence-corrected chi connectivity index (χ4v) is 2.35. The minimum atomic E-state index is -4.19. The molecule has 0 unspecified atom stereocenters. The largest absolute Gasteiger partial charge is 0.351 e. The Bertz CT molecular complexity index is 667.